The van der Waals surface area contributed by atoms with Gasteiger partial charge in [-0.15, -0.1) is 0 Å². The molecule has 1 heterocycles. The zero-order chi connectivity index (χ0) is 12.8. The van der Waals surface area contributed by atoms with E-state index in [1.807, 2.05) is 11.1 Å². The van der Waals surface area contributed by atoms with E-state index >= 15 is 0 Å². The Labute approximate surface area is 118 Å². The molecule has 7 aliphatic rings. The smallest absolute Gasteiger partial charge is 0.0697 e. The molecule has 4 bridgehead atoms. The van der Waals surface area contributed by atoms with Gasteiger partial charge in [0.15, 0.2) is 0 Å². The minimum absolute atomic E-state index is 0.999. The van der Waals surface area contributed by atoms with Gasteiger partial charge in [-0.3, -0.25) is 0 Å². The summed E-state index contributed by atoms with van der Waals surface area (Å²) in [5.74, 6) is 4.04. The Hall–Kier alpha value is -0.303. The molecule has 1 aliphatic heterocycles. The molecule has 0 radical (unpaired) electrons. The van der Waals surface area contributed by atoms with E-state index in [-0.39, 0.29) is 0 Å². The summed E-state index contributed by atoms with van der Waals surface area (Å²) in [6.07, 6.45) is 12.3. The second-order valence-electron chi connectivity index (χ2n) is 8.38. The first-order chi connectivity index (χ1) is 9.18. The van der Waals surface area contributed by atoms with Crippen LogP contribution in [0.25, 0.3) is 0 Å². The first kappa shape index (κ1) is 11.4. The summed E-state index contributed by atoms with van der Waals surface area (Å²) in [6, 6.07) is 0. The third-order valence-electron chi connectivity index (χ3n) is 7.30. The molecular formula is C18H26Si. The van der Waals surface area contributed by atoms with E-state index in [4.69, 9.17) is 0 Å². The zero-order valence-electron chi connectivity index (χ0n) is 12.5. The van der Waals surface area contributed by atoms with Gasteiger partial charge in [-0.2, -0.15) is 0 Å². The van der Waals surface area contributed by atoms with Crippen LogP contribution >= 0.6 is 0 Å². The van der Waals surface area contributed by atoms with E-state index in [1.54, 1.807) is 0 Å². The van der Waals surface area contributed by atoms with Crippen LogP contribution in [0, 0.1) is 23.7 Å². The molecule has 0 amide bonds. The van der Waals surface area contributed by atoms with Gasteiger partial charge >= 0.3 is 0 Å². The van der Waals surface area contributed by atoms with Crippen molar-refractivity contribution >= 4 is 8.07 Å². The summed E-state index contributed by atoms with van der Waals surface area (Å²) in [6.45, 7) is 5.43. The minimum atomic E-state index is -1.21. The number of hydrogen-bond donors (Lipinski definition) is 0. The molecule has 0 saturated heterocycles. The van der Waals surface area contributed by atoms with Gasteiger partial charge in [0.25, 0.3) is 0 Å². The van der Waals surface area contributed by atoms with Gasteiger partial charge < -0.3 is 0 Å². The Morgan fingerprint density at radius 3 is 1.26 bits per heavy atom. The highest BCUT2D eigenvalue weighted by Crippen LogP contribution is 2.63. The lowest BCUT2D eigenvalue weighted by Crippen LogP contribution is -2.41. The zero-order valence-corrected chi connectivity index (χ0v) is 13.5. The Morgan fingerprint density at radius 1 is 0.579 bits per heavy atom. The van der Waals surface area contributed by atoms with Crippen LogP contribution in [0.5, 0.6) is 0 Å². The Bertz CT molecular complexity index is 460. The molecule has 0 aromatic heterocycles. The molecule has 0 unspecified atom stereocenters. The SMILES string of the molecule is C[Si]1(C)C2=C(C3=C1C1CCC3CC1)C1CCC2CC1. The van der Waals surface area contributed by atoms with E-state index in [0.717, 1.165) is 23.7 Å². The highest BCUT2D eigenvalue weighted by atomic mass is 28.3. The van der Waals surface area contributed by atoms with Crippen molar-refractivity contribution < 1.29 is 0 Å². The maximum Gasteiger partial charge on any atom is 0.104 e. The molecule has 0 N–H and O–H groups in total. The molecule has 1 heteroatoms. The average Bonchev–Trinajstić information content (AvgIpc) is 2.75. The van der Waals surface area contributed by atoms with Gasteiger partial charge in [0, 0.05) is 0 Å². The van der Waals surface area contributed by atoms with E-state index in [2.05, 4.69) is 23.5 Å². The number of hydrogen-bond acceptors (Lipinski definition) is 0. The lowest BCUT2D eigenvalue weighted by atomic mass is 9.63. The normalized spacial score (nSPS) is 45.8. The van der Waals surface area contributed by atoms with Crippen LogP contribution in [0.15, 0.2) is 21.5 Å². The average molecular weight is 270 g/mol. The number of allylic oxidation sites excluding steroid dienone is 4. The molecule has 102 valence electrons. The molecule has 0 nitrogen and oxygen atoms in total. The van der Waals surface area contributed by atoms with Gasteiger partial charge in [0.2, 0.25) is 0 Å². The van der Waals surface area contributed by atoms with Crippen LogP contribution in [0.1, 0.15) is 51.4 Å². The highest BCUT2D eigenvalue weighted by molar-refractivity contribution is 6.92. The van der Waals surface area contributed by atoms with E-state index < -0.39 is 8.07 Å². The Morgan fingerprint density at radius 2 is 0.895 bits per heavy atom. The molecular weight excluding hydrogens is 244 g/mol. The fourth-order valence-electron chi connectivity index (χ4n) is 6.79. The molecule has 0 aromatic carbocycles. The first-order valence-electron chi connectivity index (χ1n) is 8.67. The number of rotatable bonds is 0. The molecule has 0 spiro atoms. The molecule has 0 atom stereocenters. The van der Waals surface area contributed by atoms with Crippen LogP contribution in [0.3, 0.4) is 0 Å². The first-order valence-corrected chi connectivity index (χ1v) is 11.7. The lowest BCUT2D eigenvalue weighted by Gasteiger charge is -2.42. The van der Waals surface area contributed by atoms with Gasteiger partial charge in [-0.1, -0.05) is 23.5 Å². The third kappa shape index (κ3) is 1.22. The van der Waals surface area contributed by atoms with Crippen molar-refractivity contribution in [3.63, 3.8) is 0 Å². The summed E-state index contributed by atoms with van der Waals surface area (Å²) in [5, 5.41) is 4.16. The fraction of sp³-hybridized carbons (Fsp3) is 0.778. The van der Waals surface area contributed by atoms with Crippen molar-refractivity contribution in [1.82, 2.24) is 0 Å². The monoisotopic (exact) mass is 270 g/mol. The molecule has 2 fully saturated rings. The van der Waals surface area contributed by atoms with Crippen LogP contribution < -0.4 is 0 Å². The van der Waals surface area contributed by atoms with Crippen molar-refractivity contribution in [2.24, 2.45) is 23.7 Å². The van der Waals surface area contributed by atoms with Crippen LogP contribution in [-0.4, -0.2) is 8.07 Å². The minimum Gasteiger partial charge on any atom is -0.0697 e. The largest absolute Gasteiger partial charge is 0.104 e. The standard InChI is InChI=1S/C18H26Si/c1-19(2)17-13-7-3-11(4-8-13)15(17)16-12-5-9-14(10-6-12)18(16)19/h11-14H,3-10H2,1-2H3. The quantitative estimate of drug-likeness (QED) is 0.542. The van der Waals surface area contributed by atoms with Crippen molar-refractivity contribution in [2.45, 2.75) is 64.5 Å². The van der Waals surface area contributed by atoms with Crippen molar-refractivity contribution in [2.75, 3.05) is 0 Å². The predicted octanol–water partition coefficient (Wildman–Crippen LogP) is 5.02. The van der Waals surface area contributed by atoms with Crippen LogP contribution in [0.2, 0.25) is 13.1 Å². The maximum atomic E-state index is 2.71. The van der Waals surface area contributed by atoms with E-state index in [9.17, 15) is 0 Å². The second kappa shape index (κ2) is 3.47. The summed E-state index contributed by atoms with van der Waals surface area (Å²) < 4.78 is 0. The Balaban J connectivity index is 1.77. The topological polar surface area (TPSA) is 0 Å². The summed E-state index contributed by atoms with van der Waals surface area (Å²) in [5.41, 5.74) is 4.01. The molecule has 6 aliphatic carbocycles. The van der Waals surface area contributed by atoms with Gasteiger partial charge in [-0.05, 0) is 86.2 Å². The predicted molar refractivity (Wildman–Crippen MR) is 82.4 cm³/mol. The highest BCUT2D eigenvalue weighted by Gasteiger charge is 2.55. The van der Waals surface area contributed by atoms with E-state index in [1.165, 1.54) is 51.4 Å². The van der Waals surface area contributed by atoms with Crippen LogP contribution in [-0.2, 0) is 0 Å². The van der Waals surface area contributed by atoms with Gasteiger partial charge in [0.1, 0.15) is 8.07 Å². The van der Waals surface area contributed by atoms with E-state index in [0.29, 0.717) is 0 Å². The van der Waals surface area contributed by atoms with Crippen LogP contribution in [0.4, 0.5) is 0 Å². The van der Waals surface area contributed by atoms with Crippen molar-refractivity contribution in [3.8, 4) is 0 Å². The van der Waals surface area contributed by atoms with Crippen molar-refractivity contribution in [1.29, 1.82) is 0 Å². The summed E-state index contributed by atoms with van der Waals surface area (Å²) in [7, 11) is -1.21. The Kier molecular flexibility index (Phi) is 2.08. The summed E-state index contributed by atoms with van der Waals surface area (Å²) in [4.78, 5) is 0. The van der Waals surface area contributed by atoms with Gasteiger partial charge in [0.05, 0.1) is 0 Å². The third-order valence-corrected chi connectivity index (χ3v) is 11.4. The lowest BCUT2D eigenvalue weighted by molar-refractivity contribution is 0.282. The maximum absolute atomic E-state index is 2.71. The second-order valence-corrected chi connectivity index (χ2v) is 12.7. The van der Waals surface area contributed by atoms with Gasteiger partial charge in [-0.25, -0.2) is 0 Å². The molecule has 2 saturated carbocycles. The molecule has 0 aromatic rings. The summed E-state index contributed by atoms with van der Waals surface area (Å²) >= 11 is 0. The number of fused-ring (bicyclic) bond motifs is 4. The van der Waals surface area contributed by atoms with Crippen molar-refractivity contribution in [3.05, 3.63) is 21.5 Å². The fourth-order valence-corrected chi connectivity index (χ4v) is 11.7. The molecule has 19 heavy (non-hydrogen) atoms. The molecule has 7 rings (SSSR count).